The van der Waals surface area contributed by atoms with Gasteiger partial charge in [0.05, 0.1) is 17.8 Å². The number of hydrogen-bond donors (Lipinski definition) is 0. The lowest BCUT2D eigenvalue weighted by Gasteiger charge is -2.04. The van der Waals surface area contributed by atoms with Gasteiger partial charge in [-0.05, 0) is 30.7 Å². The monoisotopic (exact) mass is 198 g/mol. The van der Waals surface area contributed by atoms with Gasteiger partial charge in [-0.2, -0.15) is 5.26 Å². The fourth-order valence-corrected chi connectivity index (χ4v) is 1.65. The van der Waals surface area contributed by atoms with Gasteiger partial charge in [0.25, 0.3) is 0 Å². The van der Waals surface area contributed by atoms with E-state index < -0.39 is 0 Å². The molecule has 0 aliphatic rings. The predicted molar refractivity (Wildman–Crippen MR) is 56.4 cm³/mol. The Balaban J connectivity index is 2.56. The zero-order chi connectivity index (χ0) is 10.8. The molecule has 0 spiro atoms. The van der Waals surface area contributed by atoms with Crippen LogP contribution in [0.1, 0.15) is 11.1 Å². The Morgan fingerprint density at radius 3 is 2.73 bits per heavy atom. The van der Waals surface area contributed by atoms with Crippen LogP contribution in [0.2, 0.25) is 0 Å². The van der Waals surface area contributed by atoms with Crippen molar-refractivity contribution in [1.29, 1.82) is 5.26 Å². The van der Waals surface area contributed by atoms with Gasteiger partial charge in [0.2, 0.25) is 0 Å². The number of hydrogen-bond acceptors (Lipinski definition) is 1. The standard InChI is InChI=1S/C12H12N3/c1-10-8-11(9-13)4-5-12(10)15-7-3-6-14(15)2/h3-8H,1-2H3/q+1. The quantitative estimate of drug-likeness (QED) is 0.639. The average Bonchev–Trinajstić information content (AvgIpc) is 2.64. The number of aromatic nitrogens is 2. The fraction of sp³-hybridized carbons (Fsp3) is 0.167. The molecule has 0 atom stereocenters. The number of benzene rings is 1. The van der Waals surface area contributed by atoms with Gasteiger partial charge in [-0.25, -0.2) is 0 Å². The summed E-state index contributed by atoms with van der Waals surface area (Å²) in [5.74, 6) is 0. The maximum absolute atomic E-state index is 8.78. The Morgan fingerprint density at radius 2 is 2.20 bits per heavy atom. The van der Waals surface area contributed by atoms with E-state index in [1.165, 1.54) is 0 Å². The van der Waals surface area contributed by atoms with E-state index in [2.05, 4.69) is 6.07 Å². The van der Waals surface area contributed by atoms with Crippen LogP contribution in [0.3, 0.4) is 0 Å². The van der Waals surface area contributed by atoms with Crippen molar-refractivity contribution in [1.82, 2.24) is 4.68 Å². The molecule has 3 heteroatoms. The molecule has 1 heterocycles. The van der Waals surface area contributed by atoms with Gasteiger partial charge in [-0.3, -0.25) is 0 Å². The van der Waals surface area contributed by atoms with E-state index in [-0.39, 0.29) is 0 Å². The average molecular weight is 198 g/mol. The van der Waals surface area contributed by atoms with E-state index in [1.54, 1.807) is 0 Å². The van der Waals surface area contributed by atoms with E-state index in [1.807, 2.05) is 60.0 Å². The minimum Gasteiger partial charge on any atom is -0.192 e. The molecule has 0 N–H and O–H groups in total. The van der Waals surface area contributed by atoms with E-state index in [0.29, 0.717) is 5.56 Å². The van der Waals surface area contributed by atoms with Crippen LogP contribution in [0, 0.1) is 18.3 Å². The topological polar surface area (TPSA) is 32.6 Å². The second-order valence-electron chi connectivity index (χ2n) is 3.52. The molecule has 1 aromatic carbocycles. The number of nitriles is 1. The molecule has 0 saturated carbocycles. The third-order valence-corrected chi connectivity index (χ3v) is 2.44. The van der Waals surface area contributed by atoms with Gasteiger partial charge < -0.3 is 0 Å². The van der Waals surface area contributed by atoms with Crippen LogP contribution in [-0.4, -0.2) is 4.68 Å². The van der Waals surface area contributed by atoms with Gasteiger partial charge in [0, 0.05) is 6.07 Å². The molecule has 0 amide bonds. The molecule has 2 rings (SSSR count). The van der Waals surface area contributed by atoms with Crippen molar-refractivity contribution in [2.75, 3.05) is 0 Å². The van der Waals surface area contributed by atoms with Crippen molar-refractivity contribution < 1.29 is 4.68 Å². The highest BCUT2D eigenvalue weighted by molar-refractivity contribution is 5.45. The van der Waals surface area contributed by atoms with Crippen LogP contribution in [0.25, 0.3) is 5.69 Å². The van der Waals surface area contributed by atoms with Gasteiger partial charge in [0.15, 0.2) is 13.2 Å². The van der Waals surface area contributed by atoms with Crippen LogP contribution < -0.4 is 4.68 Å². The Labute approximate surface area is 88.8 Å². The molecule has 2 aromatic rings. The number of rotatable bonds is 1. The highest BCUT2D eigenvalue weighted by Gasteiger charge is 2.08. The molecule has 0 fully saturated rings. The van der Waals surface area contributed by atoms with E-state index in [4.69, 9.17) is 5.26 Å². The summed E-state index contributed by atoms with van der Waals surface area (Å²) in [5, 5.41) is 8.78. The normalized spacial score (nSPS) is 9.93. The van der Waals surface area contributed by atoms with Crippen LogP contribution in [0.5, 0.6) is 0 Å². The smallest absolute Gasteiger partial charge is 0.192 e. The Kier molecular flexibility index (Phi) is 2.26. The summed E-state index contributed by atoms with van der Waals surface area (Å²) in [4.78, 5) is 0. The number of aryl methyl sites for hydroxylation is 2. The first-order valence-electron chi connectivity index (χ1n) is 4.77. The Hall–Kier alpha value is -2.08. The van der Waals surface area contributed by atoms with Gasteiger partial charge >= 0.3 is 0 Å². The van der Waals surface area contributed by atoms with Crippen LogP contribution in [0.15, 0.2) is 36.7 Å². The molecular weight excluding hydrogens is 186 g/mol. The highest BCUT2D eigenvalue weighted by Crippen LogP contribution is 2.13. The van der Waals surface area contributed by atoms with E-state index in [0.717, 1.165) is 11.3 Å². The third kappa shape index (κ3) is 1.62. The van der Waals surface area contributed by atoms with Crippen molar-refractivity contribution >= 4 is 0 Å². The highest BCUT2D eigenvalue weighted by atomic mass is 15.4. The lowest BCUT2D eigenvalue weighted by atomic mass is 10.1. The minimum absolute atomic E-state index is 0.700. The molecule has 0 saturated heterocycles. The lowest BCUT2D eigenvalue weighted by molar-refractivity contribution is -0.744. The Bertz CT molecular complexity index is 532. The van der Waals surface area contributed by atoms with Crippen molar-refractivity contribution in [2.24, 2.45) is 7.05 Å². The Morgan fingerprint density at radius 1 is 1.40 bits per heavy atom. The summed E-state index contributed by atoms with van der Waals surface area (Å²) in [6, 6.07) is 9.82. The van der Waals surface area contributed by atoms with Crippen molar-refractivity contribution in [3.8, 4) is 11.8 Å². The molecule has 74 valence electrons. The molecule has 1 aromatic heterocycles. The van der Waals surface area contributed by atoms with Gasteiger partial charge in [-0.1, -0.05) is 0 Å². The van der Waals surface area contributed by atoms with Crippen LogP contribution in [-0.2, 0) is 7.05 Å². The lowest BCUT2D eigenvalue weighted by Crippen LogP contribution is -2.36. The maximum Gasteiger partial charge on any atom is 0.195 e. The van der Waals surface area contributed by atoms with E-state index >= 15 is 0 Å². The predicted octanol–water partition coefficient (Wildman–Crippen LogP) is 1.48. The molecule has 3 nitrogen and oxygen atoms in total. The van der Waals surface area contributed by atoms with Crippen LogP contribution in [0.4, 0.5) is 0 Å². The SMILES string of the molecule is Cc1cc(C#N)ccc1-n1ccc[n+]1C. The molecule has 0 radical (unpaired) electrons. The zero-order valence-electron chi connectivity index (χ0n) is 8.81. The summed E-state index contributed by atoms with van der Waals surface area (Å²) < 4.78 is 4.03. The maximum atomic E-state index is 8.78. The summed E-state index contributed by atoms with van der Waals surface area (Å²) in [6.07, 6.45) is 3.98. The molecular formula is C12H12N3+. The second-order valence-corrected chi connectivity index (χ2v) is 3.52. The molecule has 0 aliphatic carbocycles. The molecule has 0 aliphatic heterocycles. The summed E-state index contributed by atoms with van der Waals surface area (Å²) in [6.45, 7) is 2.01. The first-order chi connectivity index (χ1) is 7.22. The number of nitrogens with zero attached hydrogens (tertiary/aromatic N) is 3. The molecule has 0 unspecified atom stereocenters. The van der Waals surface area contributed by atoms with E-state index in [9.17, 15) is 0 Å². The first-order valence-corrected chi connectivity index (χ1v) is 4.77. The van der Waals surface area contributed by atoms with Crippen molar-refractivity contribution in [2.45, 2.75) is 6.92 Å². The second kappa shape index (κ2) is 3.58. The van der Waals surface area contributed by atoms with Crippen LogP contribution >= 0.6 is 0 Å². The summed E-state index contributed by atoms with van der Waals surface area (Å²) in [5.41, 5.74) is 2.90. The fourth-order valence-electron chi connectivity index (χ4n) is 1.65. The molecule has 0 bridgehead atoms. The largest absolute Gasteiger partial charge is 0.195 e. The van der Waals surface area contributed by atoms with Crippen molar-refractivity contribution in [3.05, 3.63) is 47.8 Å². The first kappa shape index (κ1) is 9.47. The third-order valence-electron chi connectivity index (χ3n) is 2.44. The van der Waals surface area contributed by atoms with Gasteiger partial charge in [0.1, 0.15) is 5.69 Å². The molecule has 15 heavy (non-hydrogen) atoms. The van der Waals surface area contributed by atoms with Gasteiger partial charge in [-0.15, -0.1) is 9.36 Å². The summed E-state index contributed by atoms with van der Waals surface area (Å²) in [7, 11) is 1.98. The summed E-state index contributed by atoms with van der Waals surface area (Å²) >= 11 is 0. The minimum atomic E-state index is 0.700. The zero-order valence-corrected chi connectivity index (χ0v) is 8.81. The van der Waals surface area contributed by atoms with Crippen molar-refractivity contribution in [3.63, 3.8) is 0 Å².